The van der Waals surface area contributed by atoms with Crippen LogP contribution in [0.4, 0.5) is 0 Å². The van der Waals surface area contributed by atoms with Crippen molar-refractivity contribution in [1.82, 2.24) is 0 Å². The molecular weight excluding hydrogens is 452 g/mol. The number of benzene rings is 6. The third-order valence-electron chi connectivity index (χ3n) is 8.24. The molecule has 0 N–H and O–H groups in total. The van der Waals surface area contributed by atoms with Gasteiger partial charge in [0.15, 0.2) is 0 Å². The number of fused-ring (bicyclic) bond motifs is 7. The van der Waals surface area contributed by atoms with E-state index in [0.717, 1.165) is 0 Å². The highest BCUT2D eigenvalue weighted by Gasteiger charge is 2.36. The number of hydrogen-bond acceptors (Lipinski definition) is 1. The molecule has 0 saturated carbocycles. The maximum Gasteiger partial charge on any atom is 0.0213 e. The molecular formula is C35H24S. The van der Waals surface area contributed by atoms with Gasteiger partial charge >= 0.3 is 0 Å². The number of rotatable bonds is 1. The molecule has 1 heteroatoms. The average molecular weight is 477 g/mol. The Morgan fingerprint density at radius 2 is 1.33 bits per heavy atom. The summed E-state index contributed by atoms with van der Waals surface area (Å²) < 4.78 is 0. The van der Waals surface area contributed by atoms with Gasteiger partial charge in [0.2, 0.25) is 0 Å². The van der Waals surface area contributed by atoms with Crippen LogP contribution in [-0.2, 0) is 5.41 Å². The van der Waals surface area contributed by atoms with Gasteiger partial charge in [-0.05, 0) is 84.9 Å². The lowest BCUT2D eigenvalue weighted by molar-refractivity contribution is 0.661. The number of hydrogen-bond donors (Lipinski definition) is 0. The normalized spacial score (nSPS) is 14.5. The van der Waals surface area contributed by atoms with Crippen molar-refractivity contribution in [3.05, 3.63) is 120 Å². The van der Waals surface area contributed by atoms with Crippen molar-refractivity contribution >= 4 is 33.3 Å². The van der Waals surface area contributed by atoms with E-state index in [-0.39, 0.29) is 5.41 Å². The summed E-state index contributed by atoms with van der Waals surface area (Å²) in [4.78, 5) is 2.69. The molecule has 0 atom stereocenters. The summed E-state index contributed by atoms with van der Waals surface area (Å²) in [6.45, 7) is 4.75. The van der Waals surface area contributed by atoms with Crippen molar-refractivity contribution in [3.63, 3.8) is 0 Å². The summed E-state index contributed by atoms with van der Waals surface area (Å²) in [5.74, 6) is 0. The minimum Gasteiger partial charge on any atom is -0.0888 e. The zero-order valence-electron chi connectivity index (χ0n) is 20.3. The second-order valence-corrected chi connectivity index (χ2v) is 11.7. The first-order valence-corrected chi connectivity index (χ1v) is 13.4. The van der Waals surface area contributed by atoms with E-state index < -0.39 is 0 Å². The zero-order valence-corrected chi connectivity index (χ0v) is 21.1. The van der Waals surface area contributed by atoms with Crippen molar-refractivity contribution in [2.45, 2.75) is 29.1 Å². The Bertz CT molecular complexity index is 1890. The Balaban J connectivity index is 1.34. The lowest BCUT2D eigenvalue weighted by atomic mass is 9.81. The summed E-state index contributed by atoms with van der Waals surface area (Å²) in [6, 6.07) is 40.8. The summed E-state index contributed by atoms with van der Waals surface area (Å²) in [5.41, 5.74) is 10.9. The molecule has 0 amide bonds. The fourth-order valence-electron chi connectivity index (χ4n) is 6.44. The molecule has 0 spiro atoms. The quantitative estimate of drug-likeness (QED) is 0.227. The maximum atomic E-state index is 2.45. The highest BCUT2D eigenvalue weighted by atomic mass is 32.2. The van der Waals surface area contributed by atoms with Crippen molar-refractivity contribution in [2.75, 3.05) is 0 Å². The van der Waals surface area contributed by atoms with Crippen LogP contribution in [0.2, 0.25) is 0 Å². The van der Waals surface area contributed by atoms with Crippen molar-refractivity contribution in [2.24, 2.45) is 0 Å². The molecule has 1 aliphatic heterocycles. The van der Waals surface area contributed by atoms with E-state index >= 15 is 0 Å². The summed E-state index contributed by atoms with van der Waals surface area (Å²) in [6.07, 6.45) is 0. The third kappa shape index (κ3) is 2.67. The highest BCUT2D eigenvalue weighted by molar-refractivity contribution is 7.99. The molecule has 1 aliphatic carbocycles. The third-order valence-corrected chi connectivity index (χ3v) is 9.35. The van der Waals surface area contributed by atoms with E-state index in [2.05, 4.69) is 123 Å². The minimum atomic E-state index is -0.0311. The Morgan fingerprint density at radius 1 is 0.528 bits per heavy atom. The smallest absolute Gasteiger partial charge is 0.0213 e. The average Bonchev–Trinajstić information content (AvgIpc) is 3.15. The molecule has 8 rings (SSSR count). The molecule has 0 aromatic heterocycles. The first-order valence-electron chi connectivity index (χ1n) is 12.6. The standard InChI is InChI=1S/C35H24S/c1-35(2)29-17-15-21-8-3-4-10-25(21)34(29)28-16-14-22(19-30(28)35)24-18-23-9-7-12-27-26-11-5-6-13-31(26)36-32(20-24)33(23)27/h3-20H,1-2H3. The van der Waals surface area contributed by atoms with Crippen LogP contribution >= 0.6 is 11.8 Å². The molecule has 0 radical (unpaired) electrons. The lowest BCUT2D eigenvalue weighted by Gasteiger charge is -2.23. The second kappa shape index (κ2) is 7.12. The van der Waals surface area contributed by atoms with Crippen molar-refractivity contribution in [1.29, 1.82) is 0 Å². The molecule has 0 fully saturated rings. The summed E-state index contributed by atoms with van der Waals surface area (Å²) in [7, 11) is 0. The van der Waals surface area contributed by atoms with Gasteiger partial charge in [-0.1, -0.05) is 111 Å². The summed E-state index contributed by atoms with van der Waals surface area (Å²) >= 11 is 1.90. The van der Waals surface area contributed by atoms with E-state index in [1.807, 2.05) is 11.8 Å². The first kappa shape index (κ1) is 20.4. The van der Waals surface area contributed by atoms with Gasteiger partial charge in [0.05, 0.1) is 0 Å². The van der Waals surface area contributed by atoms with Crippen LogP contribution in [0.25, 0.3) is 54.9 Å². The molecule has 0 bridgehead atoms. The van der Waals surface area contributed by atoms with Crippen molar-refractivity contribution in [3.8, 4) is 33.4 Å². The molecule has 2 aliphatic rings. The molecule has 6 aromatic carbocycles. The topological polar surface area (TPSA) is 0 Å². The van der Waals surface area contributed by atoms with Gasteiger partial charge in [-0.25, -0.2) is 0 Å². The van der Waals surface area contributed by atoms with Crippen LogP contribution in [0.5, 0.6) is 0 Å². The monoisotopic (exact) mass is 476 g/mol. The van der Waals surface area contributed by atoms with Gasteiger partial charge in [-0.3, -0.25) is 0 Å². The second-order valence-electron chi connectivity index (χ2n) is 10.6. The van der Waals surface area contributed by atoms with E-state index in [9.17, 15) is 0 Å². The highest BCUT2D eigenvalue weighted by Crippen LogP contribution is 2.53. The fraction of sp³-hybridized carbons (Fsp3) is 0.0857. The van der Waals surface area contributed by atoms with Gasteiger partial charge in [0.25, 0.3) is 0 Å². The maximum absolute atomic E-state index is 2.45. The molecule has 1 heterocycles. The summed E-state index contributed by atoms with van der Waals surface area (Å²) in [5, 5.41) is 5.36. The van der Waals surface area contributed by atoms with Gasteiger partial charge in [-0.2, -0.15) is 0 Å². The zero-order chi connectivity index (χ0) is 24.0. The molecule has 170 valence electrons. The lowest BCUT2D eigenvalue weighted by Crippen LogP contribution is -2.15. The SMILES string of the molecule is CC1(C)c2cc(-c3cc4c5c(cccc5c3)-c3ccccc3S4)ccc2-c2c1ccc1ccccc21. The van der Waals surface area contributed by atoms with Crippen LogP contribution in [-0.4, -0.2) is 0 Å². The molecule has 6 aromatic rings. The predicted molar refractivity (Wildman–Crippen MR) is 154 cm³/mol. The molecule has 0 saturated heterocycles. The van der Waals surface area contributed by atoms with E-state index in [1.165, 1.54) is 75.8 Å². The molecule has 0 unspecified atom stereocenters. The Morgan fingerprint density at radius 3 is 2.28 bits per heavy atom. The molecule has 0 nitrogen and oxygen atoms in total. The largest absolute Gasteiger partial charge is 0.0888 e. The van der Waals surface area contributed by atoms with Crippen LogP contribution in [0, 0.1) is 0 Å². The van der Waals surface area contributed by atoms with Crippen LogP contribution in [0.1, 0.15) is 25.0 Å². The van der Waals surface area contributed by atoms with Crippen molar-refractivity contribution < 1.29 is 0 Å². The van der Waals surface area contributed by atoms with Gasteiger partial charge in [0, 0.05) is 20.6 Å². The van der Waals surface area contributed by atoms with Gasteiger partial charge in [-0.15, -0.1) is 0 Å². The Kier molecular flexibility index (Phi) is 4.03. The Labute approximate surface area is 215 Å². The van der Waals surface area contributed by atoms with E-state index in [1.54, 1.807) is 0 Å². The van der Waals surface area contributed by atoms with Gasteiger partial charge in [0.1, 0.15) is 0 Å². The first-order chi connectivity index (χ1) is 17.6. The molecule has 36 heavy (non-hydrogen) atoms. The fourth-order valence-corrected chi connectivity index (χ4v) is 7.63. The van der Waals surface area contributed by atoms with E-state index in [0.29, 0.717) is 0 Å². The van der Waals surface area contributed by atoms with Crippen LogP contribution in [0.3, 0.4) is 0 Å². The predicted octanol–water partition coefficient (Wildman–Crippen LogP) is 10.1. The van der Waals surface area contributed by atoms with Gasteiger partial charge < -0.3 is 0 Å². The van der Waals surface area contributed by atoms with Crippen LogP contribution in [0.15, 0.2) is 119 Å². The van der Waals surface area contributed by atoms with E-state index in [4.69, 9.17) is 0 Å². The minimum absolute atomic E-state index is 0.0311. The van der Waals surface area contributed by atoms with Crippen LogP contribution < -0.4 is 0 Å². The Hall–Kier alpha value is -3.81.